The molecule has 0 saturated carbocycles. The van der Waals surface area contributed by atoms with Gasteiger partial charge in [-0.15, -0.1) is 0 Å². The van der Waals surface area contributed by atoms with Gasteiger partial charge in [-0.25, -0.2) is 0 Å². The van der Waals surface area contributed by atoms with Gasteiger partial charge in [0.25, 0.3) is 0 Å². The van der Waals surface area contributed by atoms with E-state index in [1.807, 2.05) is 0 Å². The Morgan fingerprint density at radius 3 is 2.89 bits per heavy atom. The molecule has 1 heterocycles. The zero-order chi connectivity index (χ0) is 6.69. The Bertz CT molecular complexity index is 85.1. The van der Waals surface area contributed by atoms with Crippen LogP contribution in [0.1, 0.15) is 6.42 Å². The molecule has 1 saturated heterocycles. The SMILES string of the molecule is N[C@@H]1CCN(CCO)C1. The maximum absolute atomic E-state index is 8.53. The summed E-state index contributed by atoms with van der Waals surface area (Å²) in [7, 11) is 0. The van der Waals surface area contributed by atoms with Gasteiger partial charge in [0, 0.05) is 19.1 Å². The quantitative estimate of drug-likeness (QED) is 0.504. The van der Waals surface area contributed by atoms with Gasteiger partial charge < -0.3 is 10.8 Å². The Kier molecular flexibility index (Phi) is 2.45. The molecular weight excluding hydrogens is 116 g/mol. The van der Waals surface area contributed by atoms with Crippen molar-refractivity contribution in [2.24, 2.45) is 5.73 Å². The Balaban J connectivity index is 2.14. The highest BCUT2D eigenvalue weighted by Crippen LogP contribution is 2.04. The molecule has 0 radical (unpaired) electrons. The zero-order valence-corrected chi connectivity index (χ0v) is 5.58. The molecule has 0 aromatic rings. The molecule has 0 aromatic carbocycles. The molecule has 3 N–H and O–H groups in total. The number of nitrogens with zero attached hydrogens (tertiary/aromatic N) is 1. The number of hydrogen-bond donors (Lipinski definition) is 2. The third-order valence-corrected chi connectivity index (χ3v) is 1.73. The highest BCUT2D eigenvalue weighted by Gasteiger charge is 2.17. The van der Waals surface area contributed by atoms with Gasteiger partial charge in [0.2, 0.25) is 0 Å². The minimum absolute atomic E-state index is 0.257. The van der Waals surface area contributed by atoms with Gasteiger partial charge in [-0.2, -0.15) is 0 Å². The summed E-state index contributed by atoms with van der Waals surface area (Å²) in [6, 6.07) is 0.344. The highest BCUT2D eigenvalue weighted by molar-refractivity contribution is 4.76. The van der Waals surface area contributed by atoms with E-state index in [2.05, 4.69) is 4.90 Å². The van der Waals surface area contributed by atoms with Gasteiger partial charge in [-0.3, -0.25) is 4.90 Å². The summed E-state index contributed by atoms with van der Waals surface area (Å²) in [5.74, 6) is 0. The number of likely N-dealkylation sites (tertiary alicyclic amines) is 1. The van der Waals surface area contributed by atoms with E-state index in [1.165, 1.54) is 0 Å². The summed E-state index contributed by atoms with van der Waals surface area (Å²) >= 11 is 0. The molecule has 54 valence electrons. The van der Waals surface area contributed by atoms with Gasteiger partial charge in [0.1, 0.15) is 0 Å². The van der Waals surface area contributed by atoms with E-state index in [1.54, 1.807) is 0 Å². The average Bonchev–Trinajstić information content (AvgIpc) is 2.17. The smallest absolute Gasteiger partial charge is 0.0558 e. The number of β-amino-alcohol motifs (C(OH)–C–C–N with tert-alkyl or cyclic N) is 1. The number of aliphatic hydroxyl groups is 1. The van der Waals surface area contributed by atoms with Gasteiger partial charge >= 0.3 is 0 Å². The van der Waals surface area contributed by atoms with Crippen LogP contribution >= 0.6 is 0 Å². The second kappa shape index (κ2) is 3.15. The normalized spacial score (nSPS) is 29.3. The molecule has 0 bridgehead atoms. The van der Waals surface area contributed by atoms with Crippen molar-refractivity contribution >= 4 is 0 Å². The van der Waals surface area contributed by atoms with Crippen LogP contribution in [0.5, 0.6) is 0 Å². The Hall–Kier alpha value is -0.120. The molecule has 1 atom stereocenters. The Morgan fingerprint density at radius 1 is 1.67 bits per heavy atom. The van der Waals surface area contributed by atoms with Gasteiger partial charge in [0.15, 0.2) is 0 Å². The predicted molar refractivity (Wildman–Crippen MR) is 36.1 cm³/mol. The van der Waals surface area contributed by atoms with Crippen molar-refractivity contribution in [1.82, 2.24) is 4.90 Å². The molecule has 0 aromatic heterocycles. The van der Waals surface area contributed by atoms with Gasteiger partial charge in [-0.1, -0.05) is 0 Å². The second-order valence-electron chi connectivity index (χ2n) is 2.57. The van der Waals surface area contributed by atoms with Crippen molar-refractivity contribution < 1.29 is 5.11 Å². The van der Waals surface area contributed by atoms with Gasteiger partial charge in [-0.05, 0) is 13.0 Å². The lowest BCUT2D eigenvalue weighted by Crippen LogP contribution is -2.28. The standard InChI is InChI=1S/C6H14N2O/c7-6-1-2-8(5-6)3-4-9/h6,9H,1-5,7H2/t6-/m1/s1. The predicted octanol–water partition coefficient (Wildman–Crippen LogP) is -0.988. The Morgan fingerprint density at radius 2 is 2.44 bits per heavy atom. The van der Waals surface area contributed by atoms with Crippen LogP contribution in [0.4, 0.5) is 0 Å². The minimum Gasteiger partial charge on any atom is -0.395 e. The summed E-state index contributed by atoms with van der Waals surface area (Å²) in [4.78, 5) is 2.19. The molecular formula is C6H14N2O. The van der Waals surface area contributed by atoms with E-state index in [9.17, 15) is 0 Å². The summed E-state index contributed by atoms with van der Waals surface area (Å²) in [5.41, 5.74) is 5.63. The van der Waals surface area contributed by atoms with Crippen molar-refractivity contribution in [3.8, 4) is 0 Å². The first-order valence-electron chi connectivity index (χ1n) is 3.41. The molecule has 1 fully saturated rings. The van der Waals surface area contributed by atoms with E-state index in [0.29, 0.717) is 6.04 Å². The van der Waals surface area contributed by atoms with E-state index in [4.69, 9.17) is 10.8 Å². The molecule has 3 heteroatoms. The van der Waals surface area contributed by atoms with Crippen LogP contribution < -0.4 is 5.73 Å². The first-order chi connectivity index (χ1) is 4.33. The Labute approximate surface area is 55.5 Å². The summed E-state index contributed by atoms with van der Waals surface area (Å²) in [6.07, 6.45) is 1.08. The molecule has 1 rings (SSSR count). The molecule has 0 amide bonds. The minimum atomic E-state index is 0.257. The monoisotopic (exact) mass is 130 g/mol. The maximum Gasteiger partial charge on any atom is 0.0558 e. The van der Waals surface area contributed by atoms with E-state index < -0.39 is 0 Å². The van der Waals surface area contributed by atoms with Crippen LogP contribution in [0.25, 0.3) is 0 Å². The number of rotatable bonds is 2. The molecule has 1 aliphatic heterocycles. The zero-order valence-electron chi connectivity index (χ0n) is 5.58. The summed E-state index contributed by atoms with van der Waals surface area (Å²) in [6.45, 7) is 3.06. The molecule has 1 aliphatic rings. The van der Waals surface area contributed by atoms with Crippen LogP contribution in [0.15, 0.2) is 0 Å². The van der Waals surface area contributed by atoms with Crippen LogP contribution in [-0.2, 0) is 0 Å². The lowest BCUT2D eigenvalue weighted by molar-refractivity contribution is 0.220. The molecule has 9 heavy (non-hydrogen) atoms. The van der Waals surface area contributed by atoms with E-state index >= 15 is 0 Å². The molecule has 0 aliphatic carbocycles. The van der Waals surface area contributed by atoms with Crippen LogP contribution in [0, 0.1) is 0 Å². The largest absolute Gasteiger partial charge is 0.395 e. The fourth-order valence-electron chi connectivity index (χ4n) is 1.21. The molecule has 0 unspecified atom stereocenters. The van der Waals surface area contributed by atoms with Gasteiger partial charge in [0.05, 0.1) is 6.61 Å². The van der Waals surface area contributed by atoms with Crippen molar-refractivity contribution in [2.75, 3.05) is 26.2 Å². The fraction of sp³-hybridized carbons (Fsp3) is 1.00. The second-order valence-corrected chi connectivity index (χ2v) is 2.57. The first kappa shape index (κ1) is 6.99. The molecule has 0 spiro atoms. The van der Waals surface area contributed by atoms with E-state index in [0.717, 1.165) is 26.1 Å². The molecule has 3 nitrogen and oxygen atoms in total. The fourth-order valence-corrected chi connectivity index (χ4v) is 1.21. The highest BCUT2D eigenvalue weighted by atomic mass is 16.3. The van der Waals surface area contributed by atoms with Crippen molar-refractivity contribution in [3.05, 3.63) is 0 Å². The van der Waals surface area contributed by atoms with Crippen LogP contribution in [0.2, 0.25) is 0 Å². The number of aliphatic hydroxyl groups excluding tert-OH is 1. The first-order valence-corrected chi connectivity index (χ1v) is 3.41. The van der Waals surface area contributed by atoms with Crippen LogP contribution in [-0.4, -0.2) is 42.3 Å². The topological polar surface area (TPSA) is 49.5 Å². The summed E-state index contributed by atoms with van der Waals surface area (Å²) < 4.78 is 0. The van der Waals surface area contributed by atoms with Crippen LogP contribution in [0.3, 0.4) is 0 Å². The number of hydrogen-bond acceptors (Lipinski definition) is 3. The van der Waals surface area contributed by atoms with E-state index in [-0.39, 0.29) is 6.61 Å². The lowest BCUT2D eigenvalue weighted by Gasteiger charge is -2.11. The maximum atomic E-state index is 8.53. The van der Waals surface area contributed by atoms with Crippen molar-refractivity contribution in [2.45, 2.75) is 12.5 Å². The van der Waals surface area contributed by atoms with Crippen molar-refractivity contribution in [1.29, 1.82) is 0 Å². The third kappa shape index (κ3) is 1.93. The lowest BCUT2D eigenvalue weighted by atomic mass is 10.3. The van der Waals surface area contributed by atoms with Crippen molar-refractivity contribution in [3.63, 3.8) is 0 Å². The number of nitrogens with two attached hydrogens (primary N) is 1. The summed E-state index contributed by atoms with van der Waals surface area (Å²) in [5, 5.41) is 8.53. The third-order valence-electron chi connectivity index (χ3n) is 1.73. The average molecular weight is 130 g/mol.